The second-order valence-corrected chi connectivity index (χ2v) is 5.80. The fraction of sp³-hybridized carbons (Fsp3) is 0.938. The number of ether oxygens (including phenoxy) is 1. The molecule has 0 radical (unpaired) electrons. The summed E-state index contributed by atoms with van der Waals surface area (Å²) >= 11 is 4.09. The molecule has 0 N–H and O–H groups in total. The normalized spacial score (nSPS) is 12.4. The quantitative estimate of drug-likeness (QED) is 0.293. The van der Waals surface area contributed by atoms with Crippen molar-refractivity contribution in [2.45, 2.75) is 78.1 Å². The monoisotopic (exact) mass is 288 g/mol. The molecule has 2 nitrogen and oxygen atoms in total. The van der Waals surface area contributed by atoms with Crippen molar-refractivity contribution in [1.29, 1.82) is 0 Å². The van der Waals surface area contributed by atoms with Gasteiger partial charge >= 0.3 is 5.97 Å². The summed E-state index contributed by atoms with van der Waals surface area (Å²) in [6.07, 6.45) is 13.0. The van der Waals surface area contributed by atoms with Gasteiger partial charge in [-0.1, -0.05) is 71.6 Å². The second kappa shape index (κ2) is 14.2. The van der Waals surface area contributed by atoms with E-state index in [2.05, 4.69) is 19.6 Å². The zero-order valence-electron chi connectivity index (χ0n) is 12.8. The Labute approximate surface area is 125 Å². The van der Waals surface area contributed by atoms with Crippen molar-refractivity contribution in [2.24, 2.45) is 5.92 Å². The Morgan fingerprint density at radius 2 is 1.42 bits per heavy atom. The summed E-state index contributed by atoms with van der Waals surface area (Å²) in [6.45, 7) is 4.69. The lowest BCUT2D eigenvalue weighted by atomic mass is 10.1. The highest BCUT2D eigenvalue weighted by molar-refractivity contribution is 7.80. The van der Waals surface area contributed by atoms with Gasteiger partial charge in [0.25, 0.3) is 0 Å². The minimum Gasteiger partial charge on any atom is -0.465 e. The van der Waals surface area contributed by atoms with Gasteiger partial charge in [-0.25, -0.2) is 0 Å². The minimum atomic E-state index is -0.106. The van der Waals surface area contributed by atoms with Crippen LogP contribution >= 0.6 is 12.6 Å². The molecule has 1 atom stereocenters. The van der Waals surface area contributed by atoms with E-state index in [1.165, 1.54) is 57.8 Å². The highest BCUT2D eigenvalue weighted by atomic mass is 32.1. The van der Waals surface area contributed by atoms with Gasteiger partial charge in [0.1, 0.15) is 0 Å². The Balaban J connectivity index is 3.13. The molecule has 0 fully saturated rings. The largest absolute Gasteiger partial charge is 0.465 e. The van der Waals surface area contributed by atoms with E-state index in [-0.39, 0.29) is 11.9 Å². The topological polar surface area (TPSA) is 26.3 Å². The lowest BCUT2D eigenvalue weighted by Crippen LogP contribution is -2.16. The van der Waals surface area contributed by atoms with Crippen LogP contribution in [0.3, 0.4) is 0 Å². The maximum atomic E-state index is 11.4. The Bertz CT molecular complexity index is 207. The second-order valence-electron chi connectivity index (χ2n) is 5.43. The van der Waals surface area contributed by atoms with Gasteiger partial charge in [-0.3, -0.25) is 4.79 Å². The Hall–Kier alpha value is -0.180. The van der Waals surface area contributed by atoms with E-state index in [4.69, 9.17) is 4.74 Å². The van der Waals surface area contributed by atoms with Gasteiger partial charge < -0.3 is 4.74 Å². The van der Waals surface area contributed by atoms with Gasteiger partial charge in [0, 0.05) is 5.75 Å². The number of thiol groups is 1. The first-order valence-corrected chi connectivity index (χ1v) is 8.63. The Morgan fingerprint density at radius 1 is 0.947 bits per heavy atom. The van der Waals surface area contributed by atoms with Gasteiger partial charge in [-0.2, -0.15) is 12.6 Å². The lowest BCUT2D eigenvalue weighted by molar-refractivity contribution is -0.147. The van der Waals surface area contributed by atoms with Crippen LogP contribution in [0.5, 0.6) is 0 Å². The van der Waals surface area contributed by atoms with Gasteiger partial charge in [-0.15, -0.1) is 0 Å². The molecular weight excluding hydrogens is 256 g/mol. The van der Waals surface area contributed by atoms with Crippen LogP contribution < -0.4 is 0 Å². The van der Waals surface area contributed by atoms with Crippen LogP contribution in [-0.4, -0.2) is 18.3 Å². The van der Waals surface area contributed by atoms with Gasteiger partial charge in [0.05, 0.1) is 12.5 Å². The molecule has 0 aliphatic rings. The molecule has 0 saturated carbocycles. The van der Waals surface area contributed by atoms with Crippen molar-refractivity contribution in [3.8, 4) is 0 Å². The molecule has 0 aromatic heterocycles. The van der Waals surface area contributed by atoms with E-state index < -0.39 is 0 Å². The zero-order valence-corrected chi connectivity index (χ0v) is 13.7. The lowest BCUT2D eigenvalue weighted by Gasteiger charge is -2.08. The molecule has 3 heteroatoms. The molecule has 0 aromatic carbocycles. The summed E-state index contributed by atoms with van der Waals surface area (Å²) in [5, 5.41) is 0. The molecule has 0 saturated heterocycles. The maximum Gasteiger partial charge on any atom is 0.309 e. The third-order valence-corrected chi connectivity index (χ3v) is 3.97. The summed E-state index contributed by atoms with van der Waals surface area (Å²) in [5.74, 6) is 0.383. The van der Waals surface area contributed by atoms with Crippen LogP contribution in [0.2, 0.25) is 0 Å². The highest BCUT2D eigenvalue weighted by Crippen LogP contribution is 2.10. The molecule has 0 amide bonds. The summed E-state index contributed by atoms with van der Waals surface area (Å²) in [6, 6.07) is 0. The van der Waals surface area contributed by atoms with Crippen molar-refractivity contribution in [3.05, 3.63) is 0 Å². The first kappa shape index (κ1) is 18.8. The Morgan fingerprint density at radius 3 is 1.89 bits per heavy atom. The molecule has 19 heavy (non-hydrogen) atoms. The summed E-state index contributed by atoms with van der Waals surface area (Å²) in [7, 11) is 0. The molecule has 0 aliphatic heterocycles. The van der Waals surface area contributed by atoms with E-state index in [0.29, 0.717) is 12.4 Å². The predicted octanol–water partition coefficient (Wildman–Crippen LogP) is 5.02. The van der Waals surface area contributed by atoms with E-state index in [1.807, 2.05) is 6.92 Å². The van der Waals surface area contributed by atoms with Crippen LogP contribution in [0.15, 0.2) is 0 Å². The average Bonchev–Trinajstić information content (AvgIpc) is 2.43. The van der Waals surface area contributed by atoms with Crippen molar-refractivity contribution >= 4 is 18.6 Å². The average molecular weight is 288 g/mol. The first-order chi connectivity index (χ1) is 9.22. The van der Waals surface area contributed by atoms with Gasteiger partial charge in [-0.05, 0) is 6.42 Å². The van der Waals surface area contributed by atoms with Crippen molar-refractivity contribution in [3.63, 3.8) is 0 Å². The molecule has 0 rings (SSSR count). The number of hydrogen-bond acceptors (Lipinski definition) is 3. The summed E-state index contributed by atoms with van der Waals surface area (Å²) < 4.78 is 5.18. The van der Waals surface area contributed by atoms with E-state index in [1.54, 1.807) is 0 Å². The van der Waals surface area contributed by atoms with Crippen LogP contribution in [0.25, 0.3) is 0 Å². The number of carbonyl (C=O) groups excluding carboxylic acids is 1. The number of unbranched alkanes of at least 4 members (excludes halogenated alkanes) is 9. The highest BCUT2D eigenvalue weighted by Gasteiger charge is 2.11. The molecule has 0 bridgehead atoms. The predicted molar refractivity (Wildman–Crippen MR) is 85.8 cm³/mol. The van der Waals surface area contributed by atoms with Crippen molar-refractivity contribution in [1.82, 2.24) is 0 Å². The van der Waals surface area contributed by atoms with Crippen molar-refractivity contribution < 1.29 is 9.53 Å². The van der Waals surface area contributed by atoms with Gasteiger partial charge in [0.15, 0.2) is 0 Å². The number of esters is 1. The van der Waals surface area contributed by atoms with Crippen molar-refractivity contribution in [2.75, 3.05) is 12.4 Å². The van der Waals surface area contributed by atoms with Crippen LogP contribution in [-0.2, 0) is 9.53 Å². The number of carbonyl (C=O) groups is 1. The third-order valence-electron chi connectivity index (χ3n) is 3.42. The van der Waals surface area contributed by atoms with E-state index >= 15 is 0 Å². The number of rotatable bonds is 13. The third kappa shape index (κ3) is 12.6. The fourth-order valence-corrected chi connectivity index (χ4v) is 2.13. The van der Waals surface area contributed by atoms with Gasteiger partial charge in [0.2, 0.25) is 0 Å². The van der Waals surface area contributed by atoms with E-state index in [9.17, 15) is 4.79 Å². The summed E-state index contributed by atoms with van der Waals surface area (Å²) in [4.78, 5) is 11.4. The molecule has 0 aromatic rings. The number of hydrogen-bond donors (Lipinski definition) is 1. The molecule has 1 unspecified atom stereocenters. The molecule has 0 aliphatic carbocycles. The summed E-state index contributed by atoms with van der Waals surface area (Å²) in [5.41, 5.74) is 0. The smallest absolute Gasteiger partial charge is 0.309 e. The molecule has 0 spiro atoms. The fourth-order valence-electron chi connectivity index (χ4n) is 1.98. The minimum absolute atomic E-state index is 0.0774. The first-order valence-electron chi connectivity index (χ1n) is 7.99. The van der Waals surface area contributed by atoms with E-state index in [0.717, 1.165) is 6.42 Å². The standard InChI is InChI=1S/C16H32O2S/c1-3-4-5-6-7-8-9-10-11-12-13-18-16(17)15(2)14-19/h15,19H,3-14H2,1-2H3. The molecule has 114 valence electrons. The molecule has 0 heterocycles. The molecular formula is C16H32O2S. The van der Waals surface area contributed by atoms with Crippen LogP contribution in [0.4, 0.5) is 0 Å². The van der Waals surface area contributed by atoms with Crippen LogP contribution in [0, 0.1) is 5.92 Å². The maximum absolute atomic E-state index is 11.4. The van der Waals surface area contributed by atoms with Crippen LogP contribution in [0.1, 0.15) is 78.1 Å². The zero-order chi connectivity index (χ0) is 14.3. The Kier molecular flexibility index (Phi) is 14.1. The SMILES string of the molecule is CCCCCCCCCCCCOC(=O)C(C)CS.